The lowest BCUT2D eigenvalue weighted by atomic mass is 10.0. The normalized spacial score (nSPS) is 25.9. The van der Waals surface area contributed by atoms with Gasteiger partial charge in [0.15, 0.2) is 5.03 Å². The first-order chi connectivity index (χ1) is 17.0. The Balaban J connectivity index is 1.33. The Morgan fingerprint density at radius 1 is 1.00 bits per heavy atom. The molecule has 8 nitrogen and oxygen atoms in total. The van der Waals surface area contributed by atoms with Crippen LogP contribution in [0.3, 0.4) is 0 Å². The summed E-state index contributed by atoms with van der Waals surface area (Å²) in [6.45, 7) is 1.64. The van der Waals surface area contributed by atoms with Crippen LogP contribution in [-0.2, 0) is 21.0 Å². The lowest BCUT2D eigenvalue weighted by Gasteiger charge is -2.22. The van der Waals surface area contributed by atoms with Gasteiger partial charge >= 0.3 is 12.1 Å². The highest BCUT2D eigenvalue weighted by Gasteiger charge is 2.86. The molecule has 186 valence electrons. The monoisotopic (exact) mass is 516 g/mol. The van der Waals surface area contributed by atoms with Crippen LogP contribution >= 0.6 is 0 Å². The number of pyridine rings is 2. The van der Waals surface area contributed by atoms with Crippen molar-refractivity contribution in [1.29, 1.82) is 0 Å². The number of nitrogens with one attached hydrogen (secondary N) is 1. The zero-order chi connectivity index (χ0) is 25.6. The molecule has 4 heterocycles. The molecule has 12 heteroatoms. The number of anilines is 2. The zero-order valence-electron chi connectivity index (χ0n) is 18.6. The summed E-state index contributed by atoms with van der Waals surface area (Å²) in [6, 6.07) is 11.7. The smallest absolute Gasteiger partial charge is 0.418 e. The number of carboxylic acids is 1. The van der Waals surface area contributed by atoms with Crippen molar-refractivity contribution in [1.82, 2.24) is 9.97 Å². The van der Waals surface area contributed by atoms with Gasteiger partial charge in [-0.25, -0.2) is 14.8 Å². The third-order valence-electron chi connectivity index (χ3n) is 7.17. The number of aromatic nitrogens is 2. The molecule has 2 bridgehead atoms. The van der Waals surface area contributed by atoms with Crippen molar-refractivity contribution in [3.63, 3.8) is 0 Å². The number of benzene rings is 1. The molecule has 4 aliphatic rings. The summed E-state index contributed by atoms with van der Waals surface area (Å²) < 4.78 is 69.5. The van der Waals surface area contributed by atoms with E-state index < -0.39 is 39.5 Å². The fraction of sp³-hybridized carbons (Fsp3) is 0.292. The van der Waals surface area contributed by atoms with E-state index in [0.717, 1.165) is 12.1 Å². The number of hydrogen-bond acceptors (Lipinski definition) is 6. The summed E-state index contributed by atoms with van der Waals surface area (Å²) >= 11 is 0. The lowest BCUT2D eigenvalue weighted by molar-refractivity contribution is -0.139. The lowest BCUT2D eigenvalue weighted by Crippen LogP contribution is -2.37. The molecule has 2 aromatic heterocycles. The van der Waals surface area contributed by atoms with Crippen LogP contribution in [-0.4, -0.2) is 41.5 Å². The van der Waals surface area contributed by atoms with E-state index in [4.69, 9.17) is 0 Å². The number of aliphatic carboxylic acids is 1. The highest BCUT2D eigenvalue weighted by molar-refractivity contribution is 7.92. The molecule has 3 aromatic rings. The van der Waals surface area contributed by atoms with E-state index in [1.807, 2.05) is 0 Å². The number of halogens is 3. The molecule has 5 atom stereocenters. The maximum absolute atomic E-state index is 13.7. The molecule has 36 heavy (non-hydrogen) atoms. The number of carboxylic acid groups (broad SMARTS) is 1. The molecular formula is C24H19F3N4O4S. The summed E-state index contributed by atoms with van der Waals surface area (Å²) in [5, 5.41) is 9.22. The van der Waals surface area contributed by atoms with E-state index in [-0.39, 0.29) is 34.2 Å². The number of fused-ring (bicyclic) bond motifs is 1. The molecule has 2 aliphatic heterocycles. The summed E-state index contributed by atoms with van der Waals surface area (Å²) in [4.78, 5) is 21.6. The fourth-order valence-electron chi connectivity index (χ4n) is 5.45. The van der Waals surface area contributed by atoms with Gasteiger partial charge in [0.2, 0.25) is 0 Å². The fourth-order valence-corrected chi connectivity index (χ4v) is 6.42. The molecule has 2 saturated carbocycles. The number of aryl methyl sites for hydroxylation is 1. The van der Waals surface area contributed by atoms with E-state index in [1.54, 1.807) is 36.1 Å². The highest BCUT2D eigenvalue weighted by atomic mass is 32.2. The first kappa shape index (κ1) is 22.8. The first-order valence-corrected chi connectivity index (χ1v) is 12.6. The van der Waals surface area contributed by atoms with Gasteiger partial charge in [0, 0.05) is 17.5 Å². The van der Waals surface area contributed by atoms with Gasteiger partial charge in [0.25, 0.3) is 10.0 Å². The van der Waals surface area contributed by atoms with Crippen molar-refractivity contribution < 1.29 is 31.5 Å². The van der Waals surface area contributed by atoms with E-state index in [0.29, 0.717) is 17.4 Å². The molecule has 2 saturated heterocycles. The van der Waals surface area contributed by atoms with Crippen molar-refractivity contribution in [3.8, 4) is 11.3 Å². The number of piperidine rings is 1. The number of carbonyl (C=O) groups is 1. The van der Waals surface area contributed by atoms with E-state index in [2.05, 4.69) is 14.7 Å². The molecule has 4 fully saturated rings. The Kier molecular flexibility index (Phi) is 4.69. The van der Waals surface area contributed by atoms with Crippen LogP contribution in [0, 0.1) is 24.7 Å². The summed E-state index contributed by atoms with van der Waals surface area (Å²) in [7, 11) is -4.34. The number of rotatable bonds is 6. The number of sulfonamides is 1. The minimum Gasteiger partial charge on any atom is -0.480 e. The first-order valence-electron chi connectivity index (χ1n) is 11.1. The van der Waals surface area contributed by atoms with E-state index in [9.17, 15) is 31.5 Å². The Bertz CT molecular complexity index is 1520. The molecule has 7 rings (SSSR count). The van der Waals surface area contributed by atoms with Crippen LogP contribution in [0.1, 0.15) is 11.1 Å². The van der Waals surface area contributed by atoms with Gasteiger partial charge in [-0.3, -0.25) is 4.72 Å². The predicted molar refractivity (Wildman–Crippen MR) is 123 cm³/mol. The number of hydrogen-bond donors (Lipinski definition) is 2. The SMILES string of the molecule is Cc1ccccc1-c1nc(NS(=O)(=O)c2cccc(N3C4C5C([C@H]54)[C@H]3C(=O)O)n2)ccc1C(F)(F)F. The minimum atomic E-state index is -4.70. The Labute approximate surface area is 203 Å². The molecule has 3 unspecified atom stereocenters. The third-order valence-corrected chi connectivity index (χ3v) is 8.42. The van der Waals surface area contributed by atoms with Gasteiger partial charge in [-0.1, -0.05) is 30.3 Å². The van der Waals surface area contributed by atoms with Crippen molar-refractivity contribution in [2.45, 2.75) is 30.2 Å². The Hall–Kier alpha value is -3.67. The zero-order valence-corrected chi connectivity index (χ0v) is 19.5. The standard InChI is InChI=1S/C24H19F3N4O4S/c1-11-5-2-3-6-12(11)20-13(24(25,26)27)9-10-14(28-20)30-36(34,35)16-8-4-7-15(29-16)31-21-17-18(21)19(17)22(31)23(32)33/h2-10,17-19,21-22H,1H3,(H,28,30)(H,32,33)/t17-,18?,19?,21?,22-/m0/s1. The molecule has 2 N–H and O–H groups in total. The van der Waals surface area contributed by atoms with Crippen LogP contribution in [0.5, 0.6) is 0 Å². The van der Waals surface area contributed by atoms with Gasteiger partial charge < -0.3 is 10.0 Å². The van der Waals surface area contributed by atoms with Gasteiger partial charge in [0.05, 0.1) is 11.3 Å². The second-order valence-electron chi connectivity index (χ2n) is 9.26. The second kappa shape index (κ2) is 7.42. The molecule has 2 aliphatic carbocycles. The maximum Gasteiger partial charge on any atom is 0.418 e. The largest absolute Gasteiger partial charge is 0.480 e. The van der Waals surface area contributed by atoms with Gasteiger partial charge in [0.1, 0.15) is 17.7 Å². The summed E-state index contributed by atoms with van der Waals surface area (Å²) in [5.74, 6) is -0.319. The van der Waals surface area contributed by atoms with E-state index in [1.165, 1.54) is 18.2 Å². The van der Waals surface area contributed by atoms with Gasteiger partial charge in [-0.15, -0.1) is 0 Å². The Morgan fingerprint density at radius 2 is 1.72 bits per heavy atom. The van der Waals surface area contributed by atoms with Crippen LogP contribution in [0.4, 0.5) is 24.8 Å². The van der Waals surface area contributed by atoms with Crippen molar-refractivity contribution in [2.24, 2.45) is 17.8 Å². The number of nitrogens with zero attached hydrogens (tertiary/aromatic N) is 3. The van der Waals surface area contributed by atoms with Crippen molar-refractivity contribution in [3.05, 3.63) is 65.7 Å². The van der Waals surface area contributed by atoms with Crippen LogP contribution in [0.15, 0.2) is 59.6 Å². The number of alkyl halides is 3. The van der Waals surface area contributed by atoms with Crippen LogP contribution in [0.2, 0.25) is 0 Å². The van der Waals surface area contributed by atoms with Crippen LogP contribution in [0.25, 0.3) is 11.3 Å². The average Bonchev–Trinajstić information content (AvgIpc) is 3.64. The highest BCUT2D eigenvalue weighted by Crippen LogP contribution is 2.78. The second-order valence-corrected chi connectivity index (χ2v) is 10.9. The summed E-state index contributed by atoms with van der Waals surface area (Å²) in [6.07, 6.45) is -4.70. The molecule has 1 aromatic carbocycles. The molecule has 0 amide bonds. The van der Waals surface area contributed by atoms with Gasteiger partial charge in [-0.05, 0) is 48.6 Å². The quantitative estimate of drug-likeness (QED) is 0.513. The third kappa shape index (κ3) is 3.42. The van der Waals surface area contributed by atoms with Crippen LogP contribution < -0.4 is 9.62 Å². The summed E-state index contributed by atoms with van der Waals surface area (Å²) in [5.41, 5.74) is -0.619. The molecule has 0 radical (unpaired) electrons. The molecule has 0 spiro atoms. The van der Waals surface area contributed by atoms with Crippen molar-refractivity contribution in [2.75, 3.05) is 9.62 Å². The van der Waals surface area contributed by atoms with Gasteiger partial charge in [-0.2, -0.15) is 21.6 Å². The predicted octanol–water partition coefficient (Wildman–Crippen LogP) is 3.79. The molecular weight excluding hydrogens is 497 g/mol. The van der Waals surface area contributed by atoms with Crippen molar-refractivity contribution >= 4 is 27.6 Å². The minimum absolute atomic E-state index is 0.0581. The van der Waals surface area contributed by atoms with E-state index >= 15 is 0 Å². The average molecular weight is 517 g/mol. The topological polar surface area (TPSA) is 112 Å². The maximum atomic E-state index is 13.7. The Morgan fingerprint density at radius 3 is 2.39 bits per heavy atom.